The van der Waals surface area contributed by atoms with E-state index in [9.17, 15) is 9.59 Å². The third kappa shape index (κ3) is 5.81. The summed E-state index contributed by atoms with van der Waals surface area (Å²) in [5, 5.41) is 6.09. The maximum atomic E-state index is 12.5. The topological polar surface area (TPSA) is 86.8 Å². The summed E-state index contributed by atoms with van der Waals surface area (Å²) >= 11 is 1.37. The molecule has 0 aliphatic carbocycles. The molecule has 2 aliphatic rings. The fourth-order valence-electron chi connectivity index (χ4n) is 3.99. The predicted molar refractivity (Wildman–Crippen MR) is 122 cm³/mol. The number of thiazole rings is 1. The van der Waals surface area contributed by atoms with Crippen molar-refractivity contribution in [1.82, 2.24) is 15.2 Å². The number of hydrogen-bond donors (Lipinski definition) is 2. The van der Waals surface area contributed by atoms with Gasteiger partial charge in [-0.05, 0) is 44.0 Å². The Morgan fingerprint density at radius 3 is 2.48 bits per heavy atom. The number of amides is 2. The van der Waals surface area contributed by atoms with Crippen LogP contribution in [0.3, 0.4) is 0 Å². The van der Waals surface area contributed by atoms with Crippen LogP contribution in [0.15, 0.2) is 29.8 Å². The van der Waals surface area contributed by atoms with Crippen molar-refractivity contribution in [1.29, 1.82) is 0 Å². The number of carbonyl (C=O) groups is 2. The van der Waals surface area contributed by atoms with Gasteiger partial charge in [-0.15, -0.1) is 11.3 Å². The SMILES string of the molecule is Cc1ncsc1C(=O)NC1CCN(CC(=O)Nc2ccc(N3CCOCC3)cc2)CC1. The lowest BCUT2D eigenvalue weighted by molar-refractivity contribution is -0.117. The number of hydrogen-bond acceptors (Lipinski definition) is 7. The number of nitrogens with zero attached hydrogens (tertiary/aromatic N) is 3. The van der Waals surface area contributed by atoms with E-state index in [2.05, 4.69) is 25.4 Å². The molecule has 2 aromatic rings. The molecule has 2 fully saturated rings. The Balaban J connectivity index is 1.19. The first-order chi connectivity index (χ1) is 15.1. The van der Waals surface area contributed by atoms with Crippen LogP contribution < -0.4 is 15.5 Å². The molecule has 8 nitrogen and oxygen atoms in total. The van der Waals surface area contributed by atoms with Gasteiger partial charge in [0, 0.05) is 43.6 Å². The predicted octanol–water partition coefficient (Wildman–Crippen LogP) is 2.12. The van der Waals surface area contributed by atoms with Crippen LogP contribution in [0.1, 0.15) is 28.2 Å². The summed E-state index contributed by atoms with van der Waals surface area (Å²) in [4.78, 5) is 34.1. The van der Waals surface area contributed by atoms with E-state index in [0.29, 0.717) is 11.4 Å². The van der Waals surface area contributed by atoms with Crippen LogP contribution in [-0.4, -0.2) is 73.7 Å². The van der Waals surface area contributed by atoms with Gasteiger partial charge in [-0.1, -0.05) is 0 Å². The molecule has 2 N–H and O–H groups in total. The van der Waals surface area contributed by atoms with E-state index in [1.165, 1.54) is 11.3 Å². The fraction of sp³-hybridized carbons (Fsp3) is 0.500. The van der Waals surface area contributed by atoms with Gasteiger partial charge >= 0.3 is 0 Å². The summed E-state index contributed by atoms with van der Waals surface area (Å²) in [6.45, 7) is 7.08. The van der Waals surface area contributed by atoms with Crippen LogP contribution in [0.4, 0.5) is 11.4 Å². The summed E-state index contributed by atoms with van der Waals surface area (Å²) in [6, 6.07) is 8.12. The number of aromatic nitrogens is 1. The lowest BCUT2D eigenvalue weighted by atomic mass is 10.0. The Bertz CT molecular complexity index is 887. The number of anilines is 2. The highest BCUT2D eigenvalue weighted by atomic mass is 32.1. The molecule has 2 amide bonds. The molecule has 0 spiro atoms. The highest BCUT2D eigenvalue weighted by Crippen LogP contribution is 2.19. The molecule has 0 atom stereocenters. The van der Waals surface area contributed by atoms with Crippen molar-refractivity contribution < 1.29 is 14.3 Å². The van der Waals surface area contributed by atoms with Crippen LogP contribution in [-0.2, 0) is 9.53 Å². The fourth-order valence-corrected chi connectivity index (χ4v) is 4.69. The Morgan fingerprint density at radius 2 is 1.84 bits per heavy atom. The molecule has 31 heavy (non-hydrogen) atoms. The number of ether oxygens (including phenoxy) is 1. The van der Waals surface area contributed by atoms with Crippen LogP contribution in [0, 0.1) is 6.92 Å². The zero-order chi connectivity index (χ0) is 21.6. The number of rotatable bonds is 6. The summed E-state index contributed by atoms with van der Waals surface area (Å²) in [5.74, 6) is -0.0568. The second-order valence-electron chi connectivity index (χ2n) is 7.99. The van der Waals surface area contributed by atoms with Crippen molar-refractivity contribution in [2.75, 3.05) is 56.2 Å². The number of nitrogens with one attached hydrogen (secondary N) is 2. The van der Waals surface area contributed by atoms with Gasteiger partial charge in [-0.25, -0.2) is 4.98 Å². The van der Waals surface area contributed by atoms with Crippen molar-refractivity contribution in [3.63, 3.8) is 0 Å². The summed E-state index contributed by atoms with van der Waals surface area (Å²) in [7, 11) is 0. The lowest BCUT2D eigenvalue weighted by Gasteiger charge is -2.31. The molecule has 0 unspecified atom stereocenters. The Labute approximate surface area is 186 Å². The molecule has 1 aromatic carbocycles. The van der Waals surface area contributed by atoms with Gasteiger partial charge in [-0.3, -0.25) is 14.5 Å². The first-order valence-electron chi connectivity index (χ1n) is 10.7. The molecule has 4 rings (SSSR count). The quantitative estimate of drug-likeness (QED) is 0.711. The molecule has 0 radical (unpaired) electrons. The number of piperidine rings is 1. The molecule has 166 valence electrons. The Morgan fingerprint density at radius 1 is 1.13 bits per heavy atom. The van der Waals surface area contributed by atoms with Gasteiger partial charge in [0.05, 0.1) is 31.0 Å². The molecule has 2 aliphatic heterocycles. The molecule has 2 saturated heterocycles. The van der Waals surface area contributed by atoms with Crippen LogP contribution >= 0.6 is 11.3 Å². The average molecular weight is 444 g/mol. The molecular weight excluding hydrogens is 414 g/mol. The third-order valence-corrected chi connectivity index (χ3v) is 6.70. The minimum absolute atomic E-state index is 0.0121. The van der Waals surface area contributed by atoms with Crippen LogP contribution in [0.5, 0.6) is 0 Å². The van der Waals surface area contributed by atoms with Gasteiger partial charge in [0.2, 0.25) is 5.91 Å². The van der Waals surface area contributed by atoms with Crippen LogP contribution in [0.25, 0.3) is 0 Å². The van der Waals surface area contributed by atoms with E-state index in [0.717, 1.165) is 69.3 Å². The van der Waals surface area contributed by atoms with Crippen molar-refractivity contribution in [2.45, 2.75) is 25.8 Å². The molecular formula is C22H29N5O3S. The number of aryl methyl sites for hydroxylation is 1. The first kappa shape index (κ1) is 21.7. The van der Waals surface area contributed by atoms with E-state index in [-0.39, 0.29) is 17.9 Å². The number of morpholine rings is 1. The second-order valence-corrected chi connectivity index (χ2v) is 8.84. The van der Waals surface area contributed by atoms with Crippen LogP contribution in [0.2, 0.25) is 0 Å². The minimum atomic E-state index is -0.0447. The molecule has 1 aromatic heterocycles. The summed E-state index contributed by atoms with van der Waals surface area (Å²) in [5.41, 5.74) is 4.43. The Hall–Kier alpha value is -2.49. The third-order valence-electron chi connectivity index (χ3n) is 5.77. The van der Waals surface area contributed by atoms with Crippen molar-refractivity contribution in [2.24, 2.45) is 0 Å². The average Bonchev–Trinajstić information content (AvgIpc) is 3.22. The Kier molecular flexibility index (Phi) is 7.16. The van der Waals surface area contributed by atoms with E-state index in [4.69, 9.17) is 4.74 Å². The maximum Gasteiger partial charge on any atom is 0.263 e. The largest absolute Gasteiger partial charge is 0.378 e. The molecule has 0 bridgehead atoms. The van der Waals surface area contributed by atoms with E-state index in [1.807, 2.05) is 31.2 Å². The monoisotopic (exact) mass is 443 g/mol. The normalized spacial score (nSPS) is 18.0. The number of carbonyl (C=O) groups excluding carboxylic acids is 2. The van der Waals surface area contributed by atoms with Gasteiger partial charge in [0.25, 0.3) is 5.91 Å². The standard InChI is InChI=1S/C22H29N5O3S/c1-16-21(31-15-23-16)22(29)25-18-6-8-26(9-7-18)14-20(28)24-17-2-4-19(5-3-17)27-10-12-30-13-11-27/h2-5,15,18H,6-14H2,1H3,(H,24,28)(H,25,29). The van der Waals surface area contributed by atoms with E-state index >= 15 is 0 Å². The summed E-state index contributed by atoms with van der Waals surface area (Å²) < 4.78 is 5.39. The maximum absolute atomic E-state index is 12.5. The highest BCUT2D eigenvalue weighted by Gasteiger charge is 2.23. The lowest BCUT2D eigenvalue weighted by Crippen LogP contribution is -2.46. The molecule has 9 heteroatoms. The zero-order valence-electron chi connectivity index (χ0n) is 17.8. The number of benzene rings is 1. The molecule has 0 saturated carbocycles. The highest BCUT2D eigenvalue weighted by molar-refractivity contribution is 7.11. The number of likely N-dealkylation sites (tertiary alicyclic amines) is 1. The van der Waals surface area contributed by atoms with Crippen molar-refractivity contribution >= 4 is 34.5 Å². The smallest absolute Gasteiger partial charge is 0.263 e. The van der Waals surface area contributed by atoms with E-state index < -0.39 is 0 Å². The first-order valence-corrected chi connectivity index (χ1v) is 11.6. The van der Waals surface area contributed by atoms with Crippen molar-refractivity contribution in [3.8, 4) is 0 Å². The van der Waals surface area contributed by atoms with Crippen molar-refractivity contribution in [3.05, 3.63) is 40.3 Å². The minimum Gasteiger partial charge on any atom is -0.378 e. The zero-order valence-corrected chi connectivity index (χ0v) is 18.6. The van der Waals surface area contributed by atoms with Gasteiger partial charge in [0.15, 0.2) is 0 Å². The summed E-state index contributed by atoms with van der Waals surface area (Å²) in [6.07, 6.45) is 1.68. The van der Waals surface area contributed by atoms with Gasteiger partial charge < -0.3 is 20.3 Å². The van der Waals surface area contributed by atoms with Gasteiger partial charge in [0.1, 0.15) is 4.88 Å². The van der Waals surface area contributed by atoms with Gasteiger partial charge in [-0.2, -0.15) is 0 Å². The molecule has 3 heterocycles. The second kappa shape index (κ2) is 10.2. The van der Waals surface area contributed by atoms with E-state index in [1.54, 1.807) is 5.51 Å².